The number of nitrogens with two attached hydrogens (primary N) is 1. The normalized spacial score (nSPS) is 12.8. The first-order chi connectivity index (χ1) is 11.4. The quantitative estimate of drug-likeness (QED) is 0.793. The molecule has 2 aromatic carbocycles. The second-order valence-corrected chi connectivity index (χ2v) is 6.93. The lowest BCUT2D eigenvalue weighted by Gasteiger charge is -2.33. The number of quaternary nitrogens is 1. The summed E-state index contributed by atoms with van der Waals surface area (Å²) in [5, 5.41) is 0. The van der Waals surface area contributed by atoms with Crippen molar-refractivity contribution in [1.29, 1.82) is 0 Å². The van der Waals surface area contributed by atoms with Gasteiger partial charge < -0.3 is 19.7 Å². The maximum atomic E-state index is 6.53. The summed E-state index contributed by atoms with van der Waals surface area (Å²) < 4.78 is 11.8. The zero-order valence-corrected chi connectivity index (χ0v) is 15.4. The Morgan fingerprint density at radius 2 is 1.62 bits per heavy atom. The molecule has 0 spiro atoms. The summed E-state index contributed by atoms with van der Waals surface area (Å²) in [6.45, 7) is 3.74. The lowest BCUT2D eigenvalue weighted by molar-refractivity contribution is -0.905. The molecule has 0 aromatic heterocycles. The summed E-state index contributed by atoms with van der Waals surface area (Å²) in [5.41, 5.74) is 9.87. The molecule has 0 amide bonds. The first-order valence-corrected chi connectivity index (χ1v) is 8.20. The molecule has 2 aromatic rings. The molecule has 4 heteroatoms. The molecule has 0 saturated carbocycles. The van der Waals surface area contributed by atoms with Crippen molar-refractivity contribution in [3.63, 3.8) is 0 Å². The van der Waals surface area contributed by atoms with E-state index >= 15 is 0 Å². The Hall–Kier alpha value is -2.04. The summed E-state index contributed by atoms with van der Waals surface area (Å²) in [5.74, 6) is 1.66. The minimum atomic E-state index is -0.131. The minimum absolute atomic E-state index is 0.131. The molecule has 1 unspecified atom stereocenters. The fourth-order valence-electron chi connectivity index (χ4n) is 3.14. The molecule has 0 heterocycles. The van der Waals surface area contributed by atoms with Gasteiger partial charge in [0.05, 0.1) is 40.9 Å². The zero-order chi connectivity index (χ0) is 17.7. The lowest BCUT2D eigenvalue weighted by atomic mass is 10.0. The number of hydrogen-bond acceptors (Lipinski definition) is 3. The van der Waals surface area contributed by atoms with Gasteiger partial charge in [-0.25, -0.2) is 0 Å². The van der Waals surface area contributed by atoms with E-state index in [9.17, 15) is 0 Å². The van der Waals surface area contributed by atoms with Gasteiger partial charge in [-0.05, 0) is 24.6 Å². The van der Waals surface area contributed by atoms with Crippen molar-refractivity contribution in [3.05, 3.63) is 59.2 Å². The van der Waals surface area contributed by atoms with E-state index in [1.807, 2.05) is 25.1 Å². The number of nitrogens with zero attached hydrogens (tertiary/aromatic N) is 1. The van der Waals surface area contributed by atoms with Crippen LogP contribution >= 0.6 is 0 Å². The number of aryl methyl sites for hydroxylation is 1. The van der Waals surface area contributed by atoms with Crippen molar-refractivity contribution in [1.82, 2.24) is 0 Å². The van der Waals surface area contributed by atoms with Crippen molar-refractivity contribution in [3.8, 4) is 11.5 Å². The highest BCUT2D eigenvalue weighted by Gasteiger charge is 2.24. The molecule has 0 radical (unpaired) electrons. The Balaban J connectivity index is 2.20. The maximum absolute atomic E-state index is 6.53. The molecule has 2 rings (SSSR count). The third kappa shape index (κ3) is 4.49. The third-order valence-electron chi connectivity index (χ3n) is 4.29. The van der Waals surface area contributed by atoms with Crippen LogP contribution in [0.5, 0.6) is 11.5 Å². The fourth-order valence-corrected chi connectivity index (χ4v) is 3.14. The Labute approximate surface area is 145 Å². The average molecular weight is 329 g/mol. The van der Waals surface area contributed by atoms with Crippen molar-refractivity contribution < 1.29 is 14.0 Å². The van der Waals surface area contributed by atoms with Crippen LogP contribution < -0.4 is 15.2 Å². The maximum Gasteiger partial charge on any atom is 0.124 e. The third-order valence-corrected chi connectivity index (χ3v) is 4.29. The predicted molar refractivity (Wildman–Crippen MR) is 98.3 cm³/mol. The molecule has 0 aliphatic heterocycles. The highest BCUT2D eigenvalue weighted by molar-refractivity contribution is 5.47. The predicted octanol–water partition coefficient (Wildman–Crippen LogP) is 3.29. The van der Waals surface area contributed by atoms with Gasteiger partial charge in [0.15, 0.2) is 0 Å². The van der Waals surface area contributed by atoms with Crippen LogP contribution in [0.4, 0.5) is 0 Å². The van der Waals surface area contributed by atoms with E-state index in [4.69, 9.17) is 15.2 Å². The van der Waals surface area contributed by atoms with Gasteiger partial charge in [-0.15, -0.1) is 0 Å². The average Bonchev–Trinajstić information content (AvgIpc) is 2.54. The molecule has 4 nitrogen and oxygen atoms in total. The van der Waals surface area contributed by atoms with Crippen LogP contribution in [0.25, 0.3) is 0 Å². The van der Waals surface area contributed by atoms with Crippen molar-refractivity contribution >= 4 is 0 Å². The molecular weight excluding hydrogens is 300 g/mol. The SMILES string of the molecule is COc1cc(C(N)C[N+](C)(C)Cc2ccccc2)c(OC)cc1C. The van der Waals surface area contributed by atoms with E-state index in [1.165, 1.54) is 5.56 Å². The summed E-state index contributed by atoms with van der Waals surface area (Å²) in [7, 11) is 7.76. The molecule has 130 valence electrons. The van der Waals surface area contributed by atoms with Gasteiger partial charge in [0.1, 0.15) is 18.0 Å². The number of likely N-dealkylation sites (N-methyl/N-ethyl adjacent to an activating group) is 1. The number of methoxy groups -OCH3 is 2. The zero-order valence-electron chi connectivity index (χ0n) is 15.4. The summed E-state index contributed by atoms with van der Waals surface area (Å²) in [6.07, 6.45) is 0. The van der Waals surface area contributed by atoms with Crippen LogP contribution in [0.3, 0.4) is 0 Å². The van der Waals surface area contributed by atoms with Gasteiger partial charge in [0.25, 0.3) is 0 Å². The topological polar surface area (TPSA) is 44.5 Å². The first kappa shape index (κ1) is 18.3. The van der Waals surface area contributed by atoms with E-state index in [2.05, 4.69) is 38.4 Å². The van der Waals surface area contributed by atoms with Gasteiger partial charge in [-0.1, -0.05) is 30.3 Å². The van der Waals surface area contributed by atoms with Gasteiger partial charge in [0, 0.05) is 11.1 Å². The highest BCUT2D eigenvalue weighted by atomic mass is 16.5. The number of rotatable bonds is 7. The van der Waals surface area contributed by atoms with Crippen LogP contribution in [-0.2, 0) is 6.54 Å². The van der Waals surface area contributed by atoms with Gasteiger partial charge in [-0.3, -0.25) is 0 Å². The van der Waals surface area contributed by atoms with Crippen LogP contribution in [0.15, 0.2) is 42.5 Å². The standard InChI is InChI=1S/C20H29N2O2/c1-15-11-20(24-5)17(12-19(15)23-4)18(21)14-22(2,3)13-16-9-7-6-8-10-16/h6-12,18H,13-14,21H2,1-5H3/q+1. The van der Waals surface area contributed by atoms with Crippen LogP contribution in [0.2, 0.25) is 0 Å². The van der Waals surface area contributed by atoms with Gasteiger partial charge >= 0.3 is 0 Å². The smallest absolute Gasteiger partial charge is 0.124 e. The highest BCUT2D eigenvalue weighted by Crippen LogP contribution is 2.32. The molecule has 0 aliphatic carbocycles. The van der Waals surface area contributed by atoms with Crippen LogP contribution in [0, 0.1) is 6.92 Å². The number of benzene rings is 2. The second-order valence-electron chi connectivity index (χ2n) is 6.93. The molecule has 0 aliphatic rings. The second kappa shape index (κ2) is 7.69. The van der Waals surface area contributed by atoms with E-state index in [0.29, 0.717) is 0 Å². The van der Waals surface area contributed by atoms with Crippen molar-refractivity contribution in [2.75, 3.05) is 34.9 Å². The molecule has 0 saturated heterocycles. The largest absolute Gasteiger partial charge is 0.496 e. The molecular formula is C20H29N2O2+. The van der Waals surface area contributed by atoms with Gasteiger partial charge in [0.2, 0.25) is 0 Å². The molecule has 1 atom stereocenters. The molecule has 24 heavy (non-hydrogen) atoms. The summed E-state index contributed by atoms with van der Waals surface area (Å²) in [4.78, 5) is 0. The Bertz CT molecular complexity index is 669. The van der Waals surface area contributed by atoms with Crippen molar-refractivity contribution in [2.24, 2.45) is 5.73 Å². The monoisotopic (exact) mass is 329 g/mol. The van der Waals surface area contributed by atoms with E-state index < -0.39 is 0 Å². The van der Waals surface area contributed by atoms with Crippen LogP contribution in [-0.4, -0.2) is 39.3 Å². The Morgan fingerprint density at radius 1 is 1.00 bits per heavy atom. The first-order valence-electron chi connectivity index (χ1n) is 8.20. The fraction of sp³-hybridized carbons (Fsp3) is 0.400. The Morgan fingerprint density at radius 3 is 2.21 bits per heavy atom. The Kier molecular flexibility index (Phi) is 5.86. The molecule has 2 N–H and O–H groups in total. The minimum Gasteiger partial charge on any atom is -0.496 e. The molecule has 0 fully saturated rings. The van der Waals surface area contributed by atoms with E-state index in [-0.39, 0.29) is 6.04 Å². The summed E-state index contributed by atoms with van der Waals surface area (Å²) >= 11 is 0. The summed E-state index contributed by atoms with van der Waals surface area (Å²) in [6, 6.07) is 14.4. The lowest BCUT2D eigenvalue weighted by Crippen LogP contribution is -2.44. The van der Waals surface area contributed by atoms with Crippen LogP contribution in [0.1, 0.15) is 22.7 Å². The van der Waals surface area contributed by atoms with E-state index in [0.717, 1.165) is 40.2 Å². The van der Waals surface area contributed by atoms with Crippen molar-refractivity contribution in [2.45, 2.75) is 19.5 Å². The van der Waals surface area contributed by atoms with E-state index in [1.54, 1.807) is 14.2 Å². The number of hydrogen-bond donors (Lipinski definition) is 1. The van der Waals surface area contributed by atoms with Gasteiger partial charge in [-0.2, -0.15) is 0 Å². The molecule has 0 bridgehead atoms. The number of ether oxygens (including phenoxy) is 2.